The van der Waals surface area contributed by atoms with Gasteiger partial charge in [0, 0.05) is 19.2 Å². The third-order valence-corrected chi connectivity index (χ3v) is 4.82. The van der Waals surface area contributed by atoms with Gasteiger partial charge in [0.15, 0.2) is 0 Å². The molecule has 0 saturated carbocycles. The third kappa shape index (κ3) is 5.10. The van der Waals surface area contributed by atoms with Crippen LogP contribution >= 0.6 is 23.2 Å². The number of rotatable bonds is 4. The van der Waals surface area contributed by atoms with Gasteiger partial charge >= 0.3 is 0 Å². The number of carbonyl (C=O) groups excluding carboxylic acids is 2. The van der Waals surface area contributed by atoms with E-state index in [1.807, 2.05) is 0 Å². The average Bonchev–Trinajstić information content (AvgIpc) is 2.69. The number of para-hydroxylation sites is 1. The number of hydrogen-bond acceptors (Lipinski definition) is 3. The molecule has 0 unspecified atom stereocenters. The minimum atomic E-state index is -0.344. The Morgan fingerprint density at radius 1 is 1.04 bits per heavy atom. The molecule has 0 aromatic heterocycles. The van der Waals surface area contributed by atoms with Crippen molar-refractivity contribution in [2.24, 2.45) is 0 Å². The quantitative estimate of drug-likeness (QED) is 0.779. The van der Waals surface area contributed by atoms with E-state index in [9.17, 15) is 9.59 Å². The first-order chi connectivity index (χ1) is 13.0. The Morgan fingerprint density at radius 2 is 1.78 bits per heavy atom. The van der Waals surface area contributed by atoms with E-state index in [0.717, 1.165) is 5.56 Å². The van der Waals surface area contributed by atoms with Crippen LogP contribution in [0.5, 0.6) is 0 Å². The highest BCUT2D eigenvalue weighted by Gasteiger charge is 2.21. The van der Waals surface area contributed by atoms with E-state index < -0.39 is 0 Å². The summed E-state index contributed by atoms with van der Waals surface area (Å²) in [6.07, 6.45) is 3.01. The van der Waals surface area contributed by atoms with Crippen molar-refractivity contribution in [2.75, 3.05) is 31.6 Å². The molecule has 3 rings (SSSR count). The van der Waals surface area contributed by atoms with E-state index in [1.165, 1.54) is 6.08 Å². The summed E-state index contributed by atoms with van der Waals surface area (Å²) in [5, 5.41) is 3.63. The maximum Gasteiger partial charge on any atom is 0.256 e. The van der Waals surface area contributed by atoms with E-state index in [0.29, 0.717) is 47.6 Å². The van der Waals surface area contributed by atoms with Crippen LogP contribution in [0.15, 0.2) is 48.5 Å². The zero-order valence-electron chi connectivity index (χ0n) is 14.5. The molecule has 0 atom stereocenters. The van der Waals surface area contributed by atoms with Gasteiger partial charge in [-0.3, -0.25) is 9.59 Å². The fraction of sp³-hybridized carbons (Fsp3) is 0.200. The predicted molar refractivity (Wildman–Crippen MR) is 107 cm³/mol. The first kappa shape index (κ1) is 19.4. The van der Waals surface area contributed by atoms with Crippen LogP contribution in [0.3, 0.4) is 0 Å². The largest absolute Gasteiger partial charge is 0.378 e. The SMILES string of the molecule is O=C(C=Cc1ccc(Cl)c(Cl)c1)Nc1ccccc1C(=O)N1CCOCC1. The van der Waals surface area contributed by atoms with Gasteiger partial charge in [0.2, 0.25) is 5.91 Å². The second kappa shape index (κ2) is 9.04. The summed E-state index contributed by atoms with van der Waals surface area (Å²) in [5.41, 5.74) is 1.67. The van der Waals surface area contributed by atoms with Gasteiger partial charge < -0.3 is 15.0 Å². The Kier molecular flexibility index (Phi) is 6.50. The topological polar surface area (TPSA) is 58.6 Å². The summed E-state index contributed by atoms with van der Waals surface area (Å²) in [6, 6.07) is 12.0. The fourth-order valence-corrected chi connectivity index (χ4v) is 2.98. The molecular formula is C20H18Cl2N2O3. The van der Waals surface area contributed by atoms with Crippen molar-refractivity contribution in [3.05, 3.63) is 69.7 Å². The van der Waals surface area contributed by atoms with Gasteiger partial charge in [-0.15, -0.1) is 0 Å². The lowest BCUT2D eigenvalue weighted by atomic mass is 10.1. The zero-order valence-corrected chi connectivity index (χ0v) is 16.0. The third-order valence-electron chi connectivity index (χ3n) is 4.08. The molecule has 1 aliphatic heterocycles. The van der Waals surface area contributed by atoms with Crippen LogP contribution in [0, 0.1) is 0 Å². The molecule has 1 fully saturated rings. The Morgan fingerprint density at radius 3 is 2.52 bits per heavy atom. The molecule has 0 aliphatic carbocycles. The van der Waals surface area contributed by atoms with Crippen LogP contribution in [0.2, 0.25) is 10.0 Å². The van der Waals surface area contributed by atoms with Crippen molar-refractivity contribution in [3.63, 3.8) is 0 Å². The molecule has 1 N–H and O–H groups in total. The monoisotopic (exact) mass is 404 g/mol. The fourth-order valence-electron chi connectivity index (χ4n) is 2.68. The summed E-state index contributed by atoms with van der Waals surface area (Å²) < 4.78 is 5.28. The molecule has 2 amide bonds. The van der Waals surface area contributed by atoms with Crippen molar-refractivity contribution >= 4 is 46.8 Å². The summed E-state index contributed by atoms with van der Waals surface area (Å²) in [5.74, 6) is -0.467. The Hall–Kier alpha value is -2.34. The van der Waals surface area contributed by atoms with Crippen LogP contribution in [-0.4, -0.2) is 43.0 Å². The highest BCUT2D eigenvalue weighted by atomic mass is 35.5. The molecule has 2 aromatic carbocycles. The molecule has 1 aliphatic rings. The van der Waals surface area contributed by atoms with Gasteiger partial charge in [0.1, 0.15) is 0 Å². The van der Waals surface area contributed by atoms with E-state index >= 15 is 0 Å². The minimum Gasteiger partial charge on any atom is -0.378 e. The molecular weight excluding hydrogens is 387 g/mol. The lowest BCUT2D eigenvalue weighted by Crippen LogP contribution is -2.41. The molecule has 0 spiro atoms. The number of anilines is 1. The average molecular weight is 405 g/mol. The van der Waals surface area contributed by atoms with Crippen molar-refractivity contribution in [1.29, 1.82) is 0 Å². The lowest BCUT2D eigenvalue weighted by molar-refractivity contribution is -0.111. The van der Waals surface area contributed by atoms with Crippen LogP contribution in [0.25, 0.3) is 6.08 Å². The number of halogens is 2. The highest BCUT2D eigenvalue weighted by molar-refractivity contribution is 6.42. The van der Waals surface area contributed by atoms with Crippen molar-refractivity contribution < 1.29 is 14.3 Å². The number of hydrogen-bond donors (Lipinski definition) is 1. The number of nitrogens with one attached hydrogen (secondary N) is 1. The summed E-state index contributed by atoms with van der Waals surface area (Å²) >= 11 is 11.9. The summed E-state index contributed by atoms with van der Waals surface area (Å²) in [6.45, 7) is 2.12. The zero-order chi connectivity index (χ0) is 19.2. The number of morpholine rings is 1. The normalized spacial score (nSPS) is 14.4. The minimum absolute atomic E-state index is 0.123. The van der Waals surface area contributed by atoms with E-state index in [4.69, 9.17) is 27.9 Å². The van der Waals surface area contributed by atoms with E-state index in [2.05, 4.69) is 5.32 Å². The molecule has 0 bridgehead atoms. The smallest absolute Gasteiger partial charge is 0.256 e. The summed E-state index contributed by atoms with van der Waals surface area (Å²) in [7, 11) is 0. The maximum absolute atomic E-state index is 12.7. The first-order valence-electron chi connectivity index (χ1n) is 8.45. The van der Waals surface area contributed by atoms with Crippen LogP contribution in [0.1, 0.15) is 15.9 Å². The number of nitrogens with zero attached hydrogens (tertiary/aromatic N) is 1. The maximum atomic E-state index is 12.7. The Bertz CT molecular complexity index is 877. The van der Waals surface area contributed by atoms with Gasteiger partial charge in [-0.1, -0.05) is 41.4 Å². The molecule has 7 heteroatoms. The van der Waals surface area contributed by atoms with Crippen molar-refractivity contribution in [1.82, 2.24) is 4.90 Å². The van der Waals surface area contributed by atoms with Crippen LogP contribution < -0.4 is 5.32 Å². The first-order valence-corrected chi connectivity index (χ1v) is 9.20. The summed E-state index contributed by atoms with van der Waals surface area (Å²) in [4.78, 5) is 26.7. The number of amides is 2. The molecule has 27 heavy (non-hydrogen) atoms. The standard InChI is InChI=1S/C20H18Cl2N2O3/c21-16-7-5-14(13-17(16)22)6-8-19(25)23-18-4-2-1-3-15(18)20(26)24-9-11-27-12-10-24/h1-8,13H,9-12H2,(H,23,25). The number of carbonyl (C=O) groups is 2. The molecule has 2 aromatic rings. The number of benzene rings is 2. The van der Waals surface area contributed by atoms with Gasteiger partial charge in [-0.25, -0.2) is 0 Å². The Labute approximate surface area is 167 Å². The van der Waals surface area contributed by atoms with Crippen molar-refractivity contribution in [3.8, 4) is 0 Å². The van der Waals surface area contributed by atoms with Gasteiger partial charge in [0.05, 0.1) is 34.5 Å². The molecule has 0 radical (unpaired) electrons. The van der Waals surface area contributed by atoms with Gasteiger partial charge in [-0.05, 0) is 35.9 Å². The number of ether oxygens (including phenoxy) is 1. The predicted octanol–water partition coefficient (Wildman–Crippen LogP) is 4.12. The molecule has 5 nitrogen and oxygen atoms in total. The van der Waals surface area contributed by atoms with Crippen LogP contribution in [0.4, 0.5) is 5.69 Å². The van der Waals surface area contributed by atoms with E-state index in [-0.39, 0.29) is 11.8 Å². The van der Waals surface area contributed by atoms with Crippen molar-refractivity contribution in [2.45, 2.75) is 0 Å². The van der Waals surface area contributed by atoms with Gasteiger partial charge in [0.25, 0.3) is 5.91 Å². The van der Waals surface area contributed by atoms with E-state index in [1.54, 1.807) is 53.4 Å². The second-order valence-electron chi connectivity index (χ2n) is 5.95. The molecule has 140 valence electrons. The lowest BCUT2D eigenvalue weighted by Gasteiger charge is -2.27. The molecule has 1 heterocycles. The van der Waals surface area contributed by atoms with Crippen LogP contribution in [-0.2, 0) is 9.53 Å². The Balaban J connectivity index is 1.71. The van der Waals surface area contributed by atoms with Gasteiger partial charge in [-0.2, -0.15) is 0 Å². The molecule has 1 saturated heterocycles. The second-order valence-corrected chi connectivity index (χ2v) is 6.76. The highest BCUT2D eigenvalue weighted by Crippen LogP contribution is 2.23.